The number of hydrogen-bond acceptors (Lipinski definition) is 4. The highest BCUT2D eigenvalue weighted by Crippen LogP contribution is 2.29. The molecule has 0 bridgehead atoms. The Balaban J connectivity index is 2.40. The summed E-state index contributed by atoms with van der Waals surface area (Å²) in [7, 11) is 0. The summed E-state index contributed by atoms with van der Waals surface area (Å²) in [5.74, 6) is -0.241. The Morgan fingerprint density at radius 2 is 2.08 bits per heavy atom. The van der Waals surface area contributed by atoms with Crippen LogP contribution in [0.25, 0.3) is 6.08 Å². The second kappa shape index (κ2) is 9.14. The summed E-state index contributed by atoms with van der Waals surface area (Å²) in [4.78, 5) is 19.1. The Hall–Kier alpha value is -2.45. The Bertz CT molecular complexity index is 745. The summed E-state index contributed by atoms with van der Waals surface area (Å²) in [5.41, 5.74) is 1.22. The highest BCUT2D eigenvalue weighted by molar-refractivity contribution is 7.10. The van der Waals surface area contributed by atoms with Crippen molar-refractivity contribution in [1.29, 1.82) is 5.26 Å². The summed E-state index contributed by atoms with van der Waals surface area (Å²) in [6, 6.07) is 12.0. The quantitative estimate of drug-likeness (QED) is 0.529. The highest BCUT2D eigenvalue weighted by atomic mass is 32.1. The standard InChI is InChI=1S/C20H23N3OS/c1-4-8-18(16-9-6-5-7-10-16)23(15(2)3)20(24)17(14-21)13-19-22-11-12-25-19/h5-7,9-13,15,18H,4,8H2,1-3H3/b17-13+. The van der Waals surface area contributed by atoms with Gasteiger partial charge >= 0.3 is 0 Å². The average Bonchev–Trinajstić information content (AvgIpc) is 3.12. The van der Waals surface area contributed by atoms with Gasteiger partial charge in [0, 0.05) is 17.6 Å². The van der Waals surface area contributed by atoms with Crippen molar-refractivity contribution in [2.45, 2.75) is 45.7 Å². The molecule has 1 unspecified atom stereocenters. The summed E-state index contributed by atoms with van der Waals surface area (Å²) < 4.78 is 0. The normalized spacial score (nSPS) is 12.7. The number of amides is 1. The molecular weight excluding hydrogens is 330 g/mol. The fraction of sp³-hybridized carbons (Fsp3) is 0.350. The molecule has 0 aliphatic heterocycles. The number of thiazole rings is 1. The van der Waals surface area contributed by atoms with Gasteiger partial charge in [0.05, 0.1) is 6.04 Å². The molecule has 2 rings (SSSR count). The second-order valence-electron chi connectivity index (χ2n) is 6.06. The molecule has 0 saturated carbocycles. The van der Waals surface area contributed by atoms with E-state index in [1.54, 1.807) is 12.3 Å². The van der Waals surface area contributed by atoms with Crippen LogP contribution in [0.1, 0.15) is 50.2 Å². The van der Waals surface area contributed by atoms with Crippen LogP contribution >= 0.6 is 11.3 Å². The van der Waals surface area contributed by atoms with Gasteiger partial charge < -0.3 is 4.90 Å². The summed E-state index contributed by atoms with van der Waals surface area (Å²) in [5, 5.41) is 12.0. The van der Waals surface area contributed by atoms with Crippen molar-refractivity contribution in [3.63, 3.8) is 0 Å². The van der Waals surface area contributed by atoms with Gasteiger partial charge in [0.2, 0.25) is 0 Å². The van der Waals surface area contributed by atoms with Crippen LogP contribution in [0.4, 0.5) is 0 Å². The Kier molecular flexibility index (Phi) is 6.91. The molecule has 1 amide bonds. The molecule has 0 spiro atoms. The van der Waals surface area contributed by atoms with E-state index in [1.165, 1.54) is 11.3 Å². The molecule has 1 heterocycles. The molecular formula is C20H23N3OS. The van der Waals surface area contributed by atoms with Crippen molar-refractivity contribution in [2.24, 2.45) is 0 Å². The van der Waals surface area contributed by atoms with E-state index in [4.69, 9.17) is 0 Å². The van der Waals surface area contributed by atoms with E-state index < -0.39 is 0 Å². The third-order valence-electron chi connectivity index (χ3n) is 3.94. The van der Waals surface area contributed by atoms with Gasteiger partial charge in [0.1, 0.15) is 16.6 Å². The maximum Gasteiger partial charge on any atom is 0.265 e. The summed E-state index contributed by atoms with van der Waals surface area (Å²) >= 11 is 1.41. The second-order valence-corrected chi connectivity index (χ2v) is 6.99. The van der Waals surface area contributed by atoms with Crippen molar-refractivity contribution < 1.29 is 4.79 Å². The van der Waals surface area contributed by atoms with Crippen molar-refractivity contribution in [1.82, 2.24) is 9.88 Å². The largest absolute Gasteiger partial charge is 0.329 e. The molecule has 0 N–H and O–H groups in total. The van der Waals surface area contributed by atoms with Crippen LogP contribution in [-0.4, -0.2) is 21.8 Å². The Labute approximate surface area is 153 Å². The van der Waals surface area contributed by atoms with Gasteiger partial charge in [-0.05, 0) is 31.9 Å². The first-order valence-corrected chi connectivity index (χ1v) is 9.35. The van der Waals surface area contributed by atoms with Gasteiger partial charge in [-0.25, -0.2) is 4.98 Å². The number of benzene rings is 1. The van der Waals surface area contributed by atoms with Crippen LogP contribution in [0.5, 0.6) is 0 Å². The Morgan fingerprint density at radius 3 is 2.60 bits per heavy atom. The molecule has 0 aliphatic rings. The van der Waals surface area contributed by atoms with Crippen molar-refractivity contribution in [2.75, 3.05) is 0 Å². The Morgan fingerprint density at radius 1 is 1.36 bits per heavy atom. The summed E-state index contributed by atoms with van der Waals surface area (Å²) in [6.45, 7) is 6.08. The molecule has 130 valence electrons. The van der Waals surface area contributed by atoms with E-state index in [0.717, 1.165) is 18.4 Å². The lowest BCUT2D eigenvalue weighted by atomic mass is 9.98. The molecule has 1 aromatic heterocycles. The number of rotatable bonds is 7. The zero-order valence-electron chi connectivity index (χ0n) is 14.8. The third kappa shape index (κ3) is 4.77. The molecule has 4 nitrogen and oxygen atoms in total. The number of carbonyl (C=O) groups excluding carboxylic acids is 1. The van der Waals surface area contributed by atoms with Crippen LogP contribution in [-0.2, 0) is 4.79 Å². The van der Waals surface area contributed by atoms with Gasteiger partial charge in [-0.1, -0.05) is 43.7 Å². The molecule has 5 heteroatoms. The fourth-order valence-corrected chi connectivity index (χ4v) is 3.43. The van der Waals surface area contributed by atoms with E-state index in [9.17, 15) is 10.1 Å². The first-order valence-electron chi connectivity index (χ1n) is 8.47. The van der Waals surface area contributed by atoms with E-state index in [1.807, 2.05) is 54.5 Å². The highest BCUT2D eigenvalue weighted by Gasteiger charge is 2.29. The van der Waals surface area contributed by atoms with Gasteiger partial charge in [-0.2, -0.15) is 5.26 Å². The van der Waals surface area contributed by atoms with Crippen molar-refractivity contribution in [3.8, 4) is 6.07 Å². The predicted octanol–water partition coefficient (Wildman–Crippen LogP) is 4.83. The minimum Gasteiger partial charge on any atom is -0.329 e. The number of nitriles is 1. The molecule has 25 heavy (non-hydrogen) atoms. The van der Waals surface area contributed by atoms with E-state index >= 15 is 0 Å². The molecule has 1 aromatic carbocycles. The molecule has 1 atom stereocenters. The first-order chi connectivity index (χ1) is 12.1. The lowest BCUT2D eigenvalue weighted by Crippen LogP contribution is -2.40. The summed E-state index contributed by atoms with van der Waals surface area (Å²) in [6.07, 6.45) is 5.05. The fourth-order valence-electron chi connectivity index (χ4n) is 2.86. The van der Waals surface area contributed by atoms with E-state index in [-0.39, 0.29) is 23.6 Å². The smallest absolute Gasteiger partial charge is 0.265 e. The van der Waals surface area contributed by atoms with Gasteiger partial charge in [-0.15, -0.1) is 11.3 Å². The van der Waals surface area contributed by atoms with Gasteiger partial charge in [0.15, 0.2) is 0 Å². The maximum absolute atomic E-state index is 13.1. The van der Waals surface area contributed by atoms with Crippen LogP contribution in [0.15, 0.2) is 47.5 Å². The number of nitrogens with zero attached hydrogens (tertiary/aromatic N) is 3. The van der Waals surface area contributed by atoms with Crippen molar-refractivity contribution >= 4 is 23.3 Å². The minimum atomic E-state index is -0.241. The molecule has 2 aromatic rings. The van der Waals surface area contributed by atoms with Crippen LogP contribution in [0.2, 0.25) is 0 Å². The maximum atomic E-state index is 13.1. The van der Waals surface area contributed by atoms with Gasteiger partial charge in [0.25, 0.3) is 5.91 Å². The van der Waals surface area contributed by atoms with E-state index in [2.05, 4.69) is 18.0 Å². The number of hydrogen-bond donors (Lipinski definition) is 0. The molecule has 0 fully saturated rings. The lowest BCUT2D eigenvalue weighted by Gasteiger charge is -2.35. The molecule has 0 saturated heterocycles. The zero-order valence-corrected chi connectivity index (χ0v) is 15.7. The van der Waals surface area contributed by atoms with E-state index in [0.29, 0.717) is 5.01 Å². The zero-order chi connectivity index (χ0) is 18.2. The monoisotopic (exact) mass is 353 g/mol. The SMILES string of the molecule is CCCC(c1ccccc1)N(C(=O)/C(C#N)=C/c1nccs1)C(C)C. The predicted molar refractivity (Wildman–Crippen MR) is 102 cm³/mol. The van der Waals surface area contributed by atoms with Crippen LogP contribution < -0.4 is 0 Å². The third-order valence-corrected chi connectivity index (χ3v) is 4.67. The first kappa shape index (κ1) is 18.9. The topological polar surface area (TPSA) is 57.0 Å². The molecule has 0 aliphatic carbocycles. The minimum absolute atomic E-state index is 0.0164. The number of carbonyl (C=O) groups is 1. The van der Waals surface area contributed by atoms with Gasteiger partial charge in [-0.3, -0.25) is 4.79 Å². The number of aromatic nitrogens is 1. The van der Waals surface area contributed by atoms with Crippen LogP contribution in [0, 0.1) is 11.3 Å². The lowest BCUT2D eigenvalue weighted by molar-refractivity contribution is -0.131. The van der Waals surface area contributed by atoms with Crippen molar-refractivity contribution in [3.05, 3.63) is 58.1 Å². The average molecular weight is 353 g/mol. The van der Waals surface area contributed by atoms with Crippen LogP contribution in [0.3, 0.4) is 0 Å². The molecule has 0 radical (unpaired) electrons.